The number of imidazole rings is 1. The third-order valence-electron chi connectivity index (χ3n) is 6.65. The van der Waals surface area contributed by atoms with Gasteiger partial charge in [0, 0.05) is 56.3 Å². The Morgan fingerprint density at radius 2 is 2.03 bits per heavy atom. The van der Waals surface area contributed by atoms with Crippen LogP contribution in [0.1, 0.15) is 34.3 Å². The molecule has 35 heavy (non-hydrogen) atoms. The van der Waals surface area contributed by atoms with E-state index < -0.39 is 0 Å². The zero-order valence-corrected chi connectivity index (χ0v) is 21.3. The van der Waals surface area contributed by atoms with Gasteiger partial charge in [-0.25, -0.2) is 4.98 Å². The van der Waals surface area contributed by atoms with Crippen molar-refractivity contribution in [1.29, 1.82) is 0 Å². The van der Waals surface area contributed by atoms with Crippen molar-refractivity contribution in [2.75, 3.05) is 32.4 Å². The van der Waals surface area contributed by atoms with Gasteiger partial charge in [0.05, 0.1) is 11.7 Å². The van der Waals surface area contributed by atoms with Crippen molar-refractivity contribution >= 4 is 40.2 Å². The molecule has 0 bridgehead atoms. The SMILES string of the molecule is [C-]#[N+]N=C(SC)N1CCN(C2c3ccc(Cl)cc3C(Cn3ccnc3C)=Cc3cccnc32)CC1. The molecule has 0 N–H and O–H groups in total. The van der Waals surface area contributed by atoms with E-state index in [4.69, 9.17) is 23.2 Å². The highest BCUT2D eigenvalue weighted by Crippen LogP contribution is 2.41. The van der Waals surface area contributed by atoms with Crippen molar-refractivity contribution in [1.82, 2.24) is 24.3 Å². The fourth-order valence-electron chi connectivity index (χ4n) is 4.94. The van der Waals surface area contributed by atoms with Gasteiger partial charge in [-0.2, -0.15) is 6.57 Å². The Kier molecular flexibility index (Phi) is 6.91. The van der Waals surface area contributed by atoms with Gasteiger partial charge in [-0.3, -0.25) is 9.88 Å². The lowest BCUT2D eigenvalue weighted by Crippen LogP contribution is -2.49. The van der Waals surface area contributed by atoms with Crippen molar-refractivity contribution in [2.24, 2.45) is 5.10 Å². The van der Waals surface area contributed by atoms with Gasteiger partial charge >= 0.3 is 0 Å². The van der Waals surface area contributed by atoms with Crippen molar-refractivity contribution in [3.8, 4) is 0 Å². The van der Waals surface area contributed by atoms with Crippen molar-refractivity contribution in [3.05, 3.63) is 93.7 Å². The van der Waals surface area contributed by atoms with Crippen molar-refractivity contribution in [3.63, 3.8) is 0 Å². The van der Waals surface area contributed by atoms with Crippen LogP contribution in [0.25, 0.3) is 16.6 Å². The Bertz CT molecular complexity index is 1330. The predicted octanol–water partition coefficient (Wildman–Crippen LogP) is 5.05. The van der Waals surface area contributed by atoms with E-state index in [-0.39, 0.29) is 6.04 Å². The minimum Gasteiger partial charge on any atom is -0.343 e. The number of thioether (sulfide) groups is 1. The van der Waals surface area contributed by atoms with E-state index in [1.165, 1.54) is 22.9 Å². The van der Waals surface area contributed by atoms with Crippen LogP contribution < -0.4 is 0 Å². The predicted molar refractivity (Wildman–Crippen MR) is 143 cm³/mol. The van der Waals surface area contributed by atoms with Crippen LogP contribution in [0.3, 0.4) is 0 Å². The number of rotatable bonds is 3. The second kappa shape index (κ2) is 10.2. The fourth-order valence-corrected chi connectivity index (χ4v) is 5.68. The summed E-state index contributed by atoms with van der Waals surface area (Å²) in [6.07, 6.45) is 9.95. The highest BCUT2D eigenvalue weighted by atomic mass is 35.5. The number of allylic oxidation sites excluding steroid dienone is 1. The van der Waals surface area contributed by atoms with Gasteiger partial charge in [0.2, 0.25) is 5.17 Å². The van der Waals surface area contributed by atoms with Gasteiger partial charge in [-0.15, -0.1) is 4.95 Å². The summed E-state index contributed by atoms with van der Waals surface area (Å²) in [5, 5.41) is 5.49. The second-order valence-electron chi connectivity index (χ2n) is 8.59. The number of aryl methyl sites for hydroxylation is 1. The first-order valence-corrected chi connectivity index (χ1v) is 13.1. The van der Waals surface area contributed by atoms with Crippen molar-refractivity contribution < 1.29 is 0 Å². The normalized spacial score (nSPS) is 18.3. The number of hydrogen-bond acceptors (Lipinski definition) is 5. The molecule has 1 atom stereocenters. The molecule has 1 fully saturated rings. The molecule has 7 nitrogen and oxygen atoms in total. The molecule has 0 amide bonds. The maximum atomic E-state index is 7.12. The molecule has 0 spiro atoms. The van der Waals surface area contributed by atoms with E-state index in [0.29, 0.717) is 6.54 Å². The number of benzene rings is 1. The van der Waals surface area contributed by atoms with Crippen LogP contribution in [0.4, 0.5) is 0 Å². The second-order valence-corrected chi connectivity index (χ2v) is 9.80. The molecule has 3 aromatic rings. The maximum absolute atomic E-state index is 7.12. The lowest BCUT2D eigenvalue weighted by atomic mass is 9.93. The largest absolute Gasteiger partial charge is 0.343 e. The third kappa shape index (κ3) is 4.72. The Hall–Kier alpha value is -3.12. The van der Waals surface area contributed by atoms with Crippen LogP contribution in [0.5, 0.6) is 0 Å². The van der Waals surface area contributed by atoms with Gasteiger partial charge < -0.3 is 9.47 Å². The fraction of sp³-hybridized carbons (Fsp3) is 0.308. The van der Waals surface area contributed by atoms with Gasteiger partial charge in [0.1, 0.15) is 10.9 Å². The molecule has 178 valence electrons. The molecular formula is C26H26ClN7S. The summed E-state index contributed by atoms with van der Waals surface area (Å²) < 4.78 is 2.16. The average Bonchev–Trinajstić information content (AvgIpc) is 3.22. The van der Waals surface area contributed by atoms with Crippen LogP contribution in [-0.4, -0.2) is 61.9 Å². The Morgan fingerprint density at radius 3 is 2.74 bits per heavy atom. The molecule has 2 aliphatic rings. The van der Waals surface area contributed by atoms with E-state index in [1.54, 1.807) is 0 Å². The number of hydrogen-bond donors (Lipinski definition) is 0. The summed E-state index contributed by atoms with van der Waals surface area (Å²) in [6.45, 7) is 13.2. The lowest BCUT2D eigenvalue weighted by molar-refractivity contribution is 0.150. The number of nitrogens with zero attached hydrogens (tertiary/aromatic N) is 7. The van der Waals surface area contributed by atoms with Gasteiger partial charge in [-0.1, -0.05) is 35.5 Å². The summed E-state index contributed by atoms with van der Waals surface area (Å²) in [5.41, 5.74) is 5.73. The minimum atomic E-state index is 0.00813. The number of amidine groups is 1. The highest BCUT2D eigenvalue weighted by Gasteiger charge is 2.33. The molecule has 0 radical (unpaired) electrons. The Balaban J connectivity index is 1.55. The summed E-state index contributed by atoms with van der Waals surface area (Å²) in [5.74, 6) is 0.975. The molecule has 1 unspecified atom stereocenters. The number of fused-ring (bicyclic) bond motifs is 2. The number of piperazine rings is 1. The molecule has 1 saturated heterocycles. The Morgan fingerprint density at radius 1 is 1.20 bits per heavy atom. The third-order valence-corrected chi connectivity index (χ3v) is 7.59. The van der Waals surface area contributed by atoms with E-state index in [0.717, 1.165) is 59.0 Å². The molecule has 3 heterocycles. The summed E-state index contributed by atoms with van der Waals surface area (Å²) >= 11 is 8.05. The zero-order valence-electron chi connectivity index (χ0n) is 19.7. The van der Waals surface area contributed by atoms with Crippen LogP contribution >= 0.6 is 23.4 Å². The smallest absolute Gasteiger partial charge is 0.246 e. The first-order chi connectivity index (χ1) is 17.1. The van der Waals surface area contributed by atoms with E-state index >= 15 is 0 Å². The van der Waals surface area contributed by atoms with E-state index in [2.05, 4.69) is 53.7 Å². The number of pyridine rings is 1. The van der Waals surface area contributed by atoms with E-state index in [1.807, 2.05) is 43.9 Å². The monoisotopic (exact) mass is 503 g/mol. The molecule has 1 aliphatic carbocycles. The Labute approximate surface area is 214 Å². The van der Waals surface area contributed by atoms with E-state index in [9.17, 15) is 0 Å². The molecule has 0 saturated carbocycles. The topological polar surface area (TPSA) is 53.9 Å². The zero-order chi connectivity index (χ0) is 24.4. The van der Waals surface area contributed by atoms with Crippen molar-refractivity contribution in [2.45, 2.75) is 19.5 Å². The van der Waals surface area contributed by atoms with Gasteiger partial charge in [0.25, 0.3) is 0 Å². The first kappa shape index (κ1) is 23.6. The molecule has 5 rings (SSSR count). The lowest BCUT2D eigenvalue weighted by Gasteiger charge is -2.40. The van der Waals surface area contributed by atoms with Crippen LogP contribution in [-0.2, 0) is 6.54 Å². The average molecular weight is 504 g/mol. The highest BCUT2D eigenvalue weighted by molar-refractivity contribution is 8.13. The minimum absolute atomic E-state index is 0.00813. The van der Waals surface area contributed by atoms with Crippen LogP contribution in [0.2, 0.25) is 5.02 Å². The van der Waals surface area contributed by atoms with Gasteiger partial charge in [-0.05, 0) is 59.7 Å². The molecule has 1 aromatic carbocycles. The molecule has 1 aliphatic heterocycles. The summed E-state index contributed by atoms with van der Waals surface area (Å²) in [4.78, 5) is 17.2. The van der Waals surface area contributed by atoms with Gasteiger partial charge in [0.15, 0.2) is 0 Å². The number of aromatic nitrogens is 3. The van der Waals surface area contributed by atoms with Crippen LogP contribution in [0, 0.1) is 13.5 Å². The number of halogens is 1. The summed E-state index contributed by atoms with van der Waals surface area (Å²) in [6, 6.07) is 10.4. The molecule has 9 heteroatoms. The first-order valence-electron chi connectivity index (χ1n) is 11.5. The standard InChI is InChI=1S/C26H26ClN7S/c1-18-29-9-10-34(18)17-20-15-19-5-4-8-30-24(19)25(22-7-6-21(27)16-23(20)22)32-11-13-33(14-12-32)26(35-3)31-28-2/h4-10,15-16,25H,11-14,17H2,1,3H3. The maximum Gasteiger partial charge on any atom is 0.246 e. The quantitative estimate of drug-likeness (QED) is 0.216. The molecular weight excluding hydrogens is 478 g/mol. The summed E-state index contributed by atoms with van der Waals surface area (Å²) in [7, 11) is 0. The molecule has 2 aromatic heterocycles. The van der Waals surface area contributed by atoms with Crippen LogP contribution in [0.15, 0.2) is 54.0 Å².